The normalized spacial score (nSPS) is 11.2. The number of aldehydes is 1. The summed E-state index contributed by atoms with van der Waals surface area (Å²) in [5, 5.41) is 8.63. The predicted molar refractivity (Wildman–Crippen MR) is 77.7 cm³/mol. The van der Waals surface area contributed by atoms with Crippen LogP contribution < -0.4 is 0 Å². The van der Waals surface area contributed by atoms with Gasteiger partial charge in [0.25, 0.3) is 0 Å². The molecule has 0 heterocycles. The molecule has 0 aromatic carbocycles. The molecule has 0 spiro atoms. The maximum atomic E-state index is 10.1. The van der Waals surface area contributed by atoms with Crippen molar-refractivity contribution < 1.29 is 9.90 Å². The third-order valence-corrected chi connectivity index (χ3v) is 3.14. The van der Waals surface area contributed by atoms with E-state index in [1.165, 1.54) is 44.9 Å². The average molecular weight is 254 g/mol. The van der Waals surface area contributed by atoms with Crippen molar-refractivity contribution in [3.63, 3.8) is 0 Å². The number of rotatable bonds is 14. The van der Waals surface area contributed by atoms with E-state index in [0.717, 1.165) is 32.0 Å². The van der Waals surface area contributed by atoms with Crippen molar-refractivity contribution in [3.8, 4) is 0 Å². The van der Waals surface area contributed by atoms with E-state index in [4.69, 9.17) is 5.11 Å². The number of aliphatic hydroxyl groups excluding tert-OH is 1. The van der Waals surface area contributed by atoms with Gasteiger partial charge in [-0.2, -0.15) is 0 Å². The Morgan fingerprint density at radius 2 is 1.06 bits per heavy atom. The first-order valence-electron chi connectivity index (χ1n) is 7.61. The van der Waals surface area contributed by atoms with Crippen LogP contribution in [0.25, 0.3) is 0 Å². The van der Waals surface area contributed by atoms with Crippen molar-refractivity contribution in [1.82, 2.24) is 0 Å². The third-order valence-electron chi connectivity index (χ3n) is 3.14. The minimum Gasteiger partial charge on any atom is -0.396 e. The molecular weight excluding hydrogens is 224 g/mol. The van der Waals surface area contributed by atoms with Crippen LogP contribution >= 0.6 is 0 Å². The Balaban J connectivity index is 3.01. The van der Waals surface area contributed by atoms with Crippen LogP contribution in [0.1, 0.15) is 77.0 Å². The van der Waals surface area contributed by atoms with Crippen LogP contribution in [0.3, 0.4) is 0 Å². The van der Waals surface area contributed by atoms with Crippen molar-refractivity contribution in [1.29, 1.82) is 0 Å². The highest BCUT2D eigenvalue weighted by Gasteiger charge is 1.90. The van der Waals surface area contributed by atoms with Gasteiger partial charge >= 0.3 is 0 Å². The van der Waals surface area contributed by atoms with Gasteiger partial charge < -0.3 is 9.90 Å². The summed E-state index contributed by atoms with van der Waals surface area (Å²) >= 11 is 0. The quantitative estimate of drug-likeness (QED) is 0.283. The molecule has 0 aliphatic rings. The van der Waals surface area contributed by atoms with Gasteiger partial charge in [0, 0.05) is 13.0 Å². The summed E-state index contributed by atoms with van der Waals surface area (Å²) in [7, 11) is 0. The summed E-state index contributed by atoms with van der Waals surface area (Å²) in [6, 6.07) is 0. The number of carbonyl (C=O) groups excluding carboxylic acids is 1. The van der Waals surface area contributed by atoms with E-state index in [-0.39, 0.29) is 0 Å². The first-order chi connectivity index (χ1) is 8.91. The molecule has 0 atom stereocenters. The second kappa shape index (κ2) is 16.4. The molecule has 0 unspecified atom stereocenters. The molecule has 18 heavy (non-hydrogen) atoms. The number of aliphatic hydroxyl groups is 1. The molecule has 0 aliphatic carbocycles. The fourth-order valence-corrected chi connectivity index (χ4v) is 1.98. The van der Waals surface area contributed by atoms with Crippen molar-refractivity contribution in [2.45, 2.75) is 77.0 Å². The van der Waals surface area contributed by atoms with Crippen molar-refractivity contribution in [3.05, 3.63) is 12.2 Å². The Morgan fingerprint density at radius 3 is 1.61 bits per heavy atom. The number of hydrogen-bond acceptors (Lipinski definition) is 2. The summed E-state index contributed by atoms with van der Waals surface area (Å²) in [5.41, 5.74) is 0. The van der Waals surface area contributed by atoms with E-state index < -0.39 is 0 Å². The van der Waals surface area contributed by atoms with Gasteiger partial charge in [-0.1, -0.05) is 44.3 Å². The van der Waals surface area contributed by atoms with Gasteiger partial charge in [0.2, 0.25) is 0 Å². The van der Waals surface area contributed by atoms with Crippen LogP contribution in [0.15, 0.2) is 12.2 Å². The minimum absolute atomic E-state index is 0.345. The second-order valence-corrected chi connectivity index (χ2v) is 4.91. The molecule has 0 amide bonds. The lowest BCUT2D eigenvalue weighted by Crippen LogP contribution is -1.83. The molecule has 0 saturated carbocycles. The van der Waals surface area contributed by atoms with E-state index in [0.29, 0.717) is 13.0 Å². The lowest BCUT2D eigenvalue weighted by Gasteiger charge is -1.99. The highest BCUT2D eigenvalue weighted by molar-refractivity contribution is 5.48. The number of allylic oxidation sites excluding steroid dienone is 2. The van der Waals surface area contributed by atoms with Gasteiger partial charge in [0.15, 0.2) is 0 Å². The Hall–Kier alpha value is -0.630. The highest BCUT2D eigenvalue weighted by atomic mass is 16.2. The summed E-state index contributed by atoms with van der Waals surface area (Å²) in [6.45, 7) is 0.345. The molecule has 0 fully saturated rings. The molecule has 0 rings (SSSR count). The average Bonchev–Trinajstić information content (AvgIpc) is 2.39. The lowest BCUT2D eigenvalue weighted by atomic mass is 10.1. The maximum absolute atomic E-state index is 10.1. The highest BCUT2D eigenvalue weighted by Crippen LogP contribution is 2.09. The van der Waals surface area contributed by atoms with Crippen LogP contribution in [0, 0.1) is 0 Å². The first-order valence-corrected chi connectivity index (χ1v) is 7.61. The Morgan fingerprint density at radius 1 is 0.611 bits per heavy atom. The van der Waals surface area contributed by atoms with Gasteiger partial charge in [-0.15, -0.1) is 0 Å². The van der Waals surface area contributed by atoms with Gasteiger partial charge in [-0.05, 0) is 38.5 Å². The summed E-state index contributed by atoms with van der Waals surface area (Å²) in [5.74, 6) is 0. The standard InChI is InChI=1S/C16H30O2/c17-15-13-11-9-7-5-3-1-2-4-6-8-10-12-14-16-18/h3,5,15,18H,1-2,4,6-14,16H2. The molecule has 106 valence electrons. The smallest absolute Gasteiger partial charge is 0.119 e. The van der Waals surface area contributed by atoms with Crippen molar-refractivity contribution >= 4 is 6.29 Å². The largest absolute Gasteiger partial charge is 0.396 e. The zero-order valence-corrected chi connectivity index (χ0v) is 11.8. The summed E-state index contributed by atoms with van der Waals surface area (Å²) < 4.78 is 0. The molecule has 0 aromatic heterocycles. The fourth-order valence-electron chi connectivity index (χ4n) is 1.98. The zero-order valence-electron chi connectivity index (χ0n) is 11.8. The monoisotopic (exact) mass is 254 g/mol. The van der Waals surface area contributed by atoms with Gasteiger partial charge in [0.1, 0.15) is 6.29 Å². The molecule has 0 saturated heterocycles. The molecule has 0 aromatic rings. The molecule has 2 heteroatoms. The number of unbranched alkanes of at least 4 members (excludes halogenated alkanes) is 10. The second-order valence-electron chi connectivity index (χ2n) is 4.91. The Labute approximate surface area is 112 Å². The van der Waals surface area contributed by atoms with E-state index in [9.17, 15) is 4.79 Å². The predicted octanol–water partition coefficient (Wildman–Crippen LogP) is 4.42. The van der Waals surface area contributed by atoms with E-state index in [2.05, 4.69) is 12.2 Å². The summed E-state index contributed by atoms with van der Waals surface area (Å²) in [4.78, 5) is 10.1. The van der Waals surface area contributed by atoms with Crippen LogP contribution in [0.2, 0.25) is 0 Å². The van der Waals surface area contributed by atoms with Crippen LogP contribution in [-0.2, 0) is 4.79 Å². The zero-order chi connectivity index (χ0) is 13.3. The first kappa shape index (κ1) is 17.4. The van der Waals surface area contributed by atoms with Gasteiger partial charge in [0.05, 0.1) is 0 Å². The maximum Gasteiger partial charge on any atom is 0.119 e. The van der Waals surface area contributed by atoms with Crippen molar-refractivity contribution in [2.75, 3.05) is 6.61 Å². The fraction of sp³-hybridized carbons (Fsp3) is 0.812. The van der Waals surface area contributed by atoms with E-state index >= 15 is 0 Å². The third kappa shape index (κ3) is 15.4. The topological polar surface area (TPSA) is 37.3 Å². The van der Waals surface area contributed by atoms with E-state index in [1.54, 1.807) is 0 Å². The van der Waals surface area contributed by atoms with Gasteiger partial charge in [-0.3, -0.25) is 0 Å². The molecule has 1 N–H and O–H groups in total. The van der Waals surface area contributed by atoms with Crippen molar-refractivity contribution in [2.24, 2.45) is 0 Å². The molecule has 0 radical (unpaired) electrons. The van der Waals surface area contributed by atoms with Crippen LogP contribution in [0.5, 0.6) is 0 Å². The van der Waals surface area contributed by atoms with E-state index in [1.807, 2.05) is 0 Å². The van der Waals surface area contributed by atoms with Crippen LogP contribution in [-0.4, -0.2) is 18.0 Å². The Kier molecular flexibility index (Phi) is 15.8. The Bertz CT molecular complexity index is 188. The van der Waals surface area contributed by atoms with Crippen LogP contribution in [0.4, 0.5) is 0 Å². The molecule has 2 nitrogen and oxygen atoms in total. The minimum atomic E-state index is 0.345. The molecule has 0 aliphatic heterocycles. The SMILES string of the molecule is O=CCCCCC=CCCCCCCCCCO. The number of carbonyl (C=O) groups is 1. The molecular formula is C16H30O2. The lowest BCUT2D eigenvalue weighted by molar-refractivity contribution is -0.107. The van der Waals surface area contributed by atoms with Gasteiger partial charge in [-0.25, -0.2) is 0 Å². The number of hydrogen-bond donors (Lipinski definition) is 1. The molecule has 0 bridgehead atoms. The summed E-state index contributed by atoms with van der Waals surface area (Å²) in [6.07, 6.45) is 19.4.